The van der Waals surface area contributed by atoms with Crippen LogP contribution in [-0.2, 0) is 14.3 Å². The van der Waals surface area contributed by atoms with Crippen molar-refractivity contribution < 1.29 is 24.2 Å². The Kier molecular flexibility index (Phi) is 7.30. The van der Waals surface area contributed by atoms with Crippen LogP contribution in [0.25, 0.3) is 0 Å². The molecule has 0 fully saturated rings. The lowest BCUT2D eigenvalue weighted by atomic mass is 10.1. The van der Waals surface area contributed by atoms with E-state index in [1.807, 2.05) is 20.8 Å². The monoisotopic (exact) mass is 262 g/mol. The van der Waals surface area contributed by atoms with Gasteiger partial charge in [0.15, 0.2) is 6.10 Å². The lowest BCUT2D eigenvalue weighted by Gasteiger charge is -2.25. The first-order valence-electron chi connectivity index (χ1n) is 5.73. The van der Waals surface area contributed by atoms with Gasteiger partial charge in [-0.25, -0.2) is 9.59 Å². The fourth-order valence-electron chi connectivity index (χ4n) is 1.25. The minimum absolute atomic E-state index is 0.0905. The van der Waals surface area contributed by atoms with Crippen LogP contribution in [0.5, 0.6) is 0 Å². The molecule has 18 heavy (non-hydrogen) atoms. The molecule has 0 heterocycles. The molecule has 0 spiro atoms. The molecule has 0 saturated carbocycles. The number of hydrogen-bond donors (Lipinski definition) is 3. The number of rotatable bonds is 8. The Hall–Kier alpha value is -1.34. The summed E-state index contributed by atoms with van der Waals surface area (Å²) < 4.78 is 10.1. The second kappa shape index (κ2) is 7.88. The Morgan fingerprint density at radius 2 is 1.94 bits per heavy atom. The van der Waals surface area contributed by atoms with E-state index in [-0.39, 0.29) is 6.54 Å². The Morgan fingerprint density at radius 3 is 2.39 bits per heavy atom. The molecule has 2 amide bonds. The summed E-state index contributed by atoms with van der Waals surface area (Å²) >= 11 is 0. The smallest absolute Gasteiger partial charge is 0.334 e. The van der Waals surface area contributed by atoms with Crippen molar-refractivity contribution in [2.75, 3.05) is 26.8 Å². The molecule has 0 radical (unpaired) electrons. The fourth-order valence-corrected chi connectivity index (χ4v) is 1.25. The summed E-state index contributed by atoms with van der Waals surface area (Å²) in [7, 11) is 1.27. The first-order valence-corrected chi connectivity index (χ1v) is 5.73. The quantitative estimate of drug-likeness (QED) is 0.580. The maximum Gasteiger partial charge on any atom is 0.334 e. The van der Waals surface area contributed by atoms with Crippen LogP contribution in [-0.4, -0.2) is 55.6 Å². The van der Waals surface area contributed by atoms with Crippen LogP contribution < -0.4 is 10.6 Å². The van der Waals surface area contributed by atoms with Crippen molar-refractivity contribution in [3.63, 3.8) is 0 Å². The van der Waals surface area contributed by atoms with Crippen LogP contribution in [0.3, 0.4) is 0 Å². The number of ether oxygens (including phenoxy) is 2. The number of urea groups is 1. The molecule has 0 saturated heterocycles. The number of methoxy groups -OCH3 is 1. The standard InChI is InChI=1S/C11H22N2O5/c1-5-18-11(2,3)7-13-10(16)12-6-8(17-4)9(14)15/h8H,5-7H2,1-4H3,(H,14,15)(H2,12,13,16). The molecule has 7 nitrogen and oxygen atoms in total. The van der Waals surface area contributed by atoms with E-state index in [9.17, 15) is 9.59 Å². The van der Waals surface area contributed by atoms with Gasteiger partial charge in [0.05, 0.1) is 12.1 Å². The molecular formula is C11H22N2O5. The first kappa shape index (κ1) is 16.7. The molecular weight excluding hydrogens is 240 g/mol. The molecule has 106 valence electrons. The van der Waals surface area contributed by atoms with E-state index in [4.69, 9.17) is 9.84 Å². The van der Waals surface area contributed by atoms with Crippen LogP contribution in [0.4, 0.5) is 4.79 Å². The van der Waals surface area contributed by atoms with Crippen molar-refractivity contribution >= 4 is 12.0 Å². The van der Waals surface area contributed by atoms with Gasteiger partial charge in [0, 0.05) is 20.3 Å². The van der Waals surface area contributed by atoms with Gasteiger partial charge in [-0.15, -0.1) is 0 Å². The molecule has 0 bridgehead atoms. The van der Waals surface area contributed by atoms with Crippen molar-refractivity contribution in [1.29, 1.82) is 0 Å². The second-order valence-electron chi connectivity index (χ2n) is 4.32. The zero-order chi connectivity index (χ0) is 14.2. The topological polar surface area (TPSA) is 96.9 Å². The summed E-state index contributed by atoms with van der Waals surface area (Å²) in [6.07, 6.45) is -1.05. The zero-order valence-electron chi connectivity index (χ0n) is 11.3. The largest absolute Gasteiger partial charge is 0.479 e. The number of carbonyl (C=O) groups is 2. The van der Waals surface area contributed by atoms with Crippen LogP contribution in [0.2, 0.25) is 0 Å². The van der Waals surface area contributed by atoms with Crippen molar-refractivity contribution in [3.8, 4) is 0 Å². The minimum Gasteiger partial charge on any atom is -0.479 e. The van der Waals surface area contributed by atoms with Gasteiger partial charge in [-0.3, -0.25) is 0 Å². The molecule has 0 rings (SSSR count). The lowest BCUT2D eigenvalue weighted by molar-refractivity contribution is -0.148. The van der Waals surface area contributed by atoms with E-state index in [1.165, 1.54) is 7.11 Å². The highest BCUT2D eigenvalue weighted by atomic mass is 16.5. The van der Waals surface area contributed by atoms with Gasteiger partial charge >= 0.3 is 12.0 Å². The molecule has 3 N–H and O–H groups in total. The molecule has 0 aromatic rings. The molecule has 1 unspecified atom stereocenters. The van der Waals surface area contributed by atoms with Gasteiger partial charge in [-0.05, 0) is 20.8 Å². The number of aliphatic carboxylic acids is 1. The van der Waals surface area contributed by atoms with E-state index >= 15 is 0 Å². The maximum absolute atomic E-state index is 11.4. The second-order valence-corrected chi connectivity index (χ2v) is 4.32. The average Bonchev–Trinajstić information content (AvgIpc) is 2.27. The SMILES string of the molecule is CCOC(C)(C)CNC(=O)NCC(OC)C(=O)O. The summed E-state index contributed by atoms with van der Waals surface area (Å²) in [5.74, 6) is -1.12. The van der Waals surface area contributed by atoms with Crippen molar-refractivity contribution in [2.45, 2.75) is 32.5 Å². The van der Waals surface area contributed by atoms with E-state index in [0.29, 0.717) is 13.2 Å². The van der Waals surface area contributed by atoms with E-state index < -0.39 is 23.7 Å². The summed E-state index contributed by atoms with van der Waals surface area (Å²) in [6, 6.07) is -0.453. The van der Waals surface area contributed by atoms with Crippen LogP contribution in [0, 0.1) is 0 Å². The highest BCUT2D eigenvalue weighted by Gasteiger charge is 2.20. The van der Waals surface area contributed by atoms with Gasteiger partial charge < -0.3 is 25.2 Å². The first-order chi connectivity index (χ1) is 8.32. The summed E-state index contributed by atoms with van der Waals surface area (Å²) in [4.78, 5) is 22.0. The number of amides is 2. The Bertz CT molecular complexity index is 281. The highest BCUT2D eigenvalue weighted by Crippen LogP contribution is 2.06. The number of carbonyl (C=O) groups excluding carboxylic acids is 1. The van der Waals surface area contributed by atoms with Crippen LogP contribution in [0.15, 0.2) is 0 Å². The van der Waals surface area contributed by atoms with Gasteiger partial charge in [-0.2, -0.15) is 0 Å². The van der Waals surface area contributed by atoms with Crippen LogP contribution >= 0.6 is 0 Å². The molecule has 1 atom stereocenters. The minimum atomic E-state index is -1.12. The third-order valence-corrected chi connectivity index (χ3v) is 2.22. The Labute approximate surface area is 107 Å². The van der Waals surface area contributed by atoms with Crippen molar-refractivity contribution in [1.82, 2.24) is 10.6 Å². The molecule has 0 aliphatic carbocycles. The predicted molar refractivity (Wildman–Crippen MR) is 65.5 cm³/mol. The van der Waals surface area contributed by atoms with Gasteiger partial charge in [0.1, 0.15) is 0 Å². The van der Waals surface area contributed by atoms with Crippen molar-refractivity contribution in [3.05, 3.63) is 0 Å². The molecule has 7 heteroatoms. The highest BCUT2D eigenvalue weighted by molar-refractivity contribution is 5.76. The van der Waals surface area contributed by atoms with E-state index in [1.54, 1.807) is 0 Å². The fraction of sp³-hybridized carbons (Fsp3) is 0.818. The average molecular weight is 262 g/mol. The predicted octanol–water partition coefficient (Wildman–Crippen LogP) is 0.200. The molecule has 0 aliphatic heterocycles. The number of carboxylic acids is 1. The van der Waals surface area contributed by atoms with Crippen LogP contribution in [0.1, 0.15) is 20.8 Å². The van der Waals surface area contributed by atoms with Gasteiger partial charge in [0.25, 0.3) is 0 Å². The Morgan fingerprint density at radius 1 is 1.33 bits per heavy atom. The van der Waals surface area contributed by atoms with E-state index in [2.05, 4.69) is 15.4 Å². The summed E-state index contributed by atoms with van der Waals surface area (Å²) in [5, 5.41) is 13.7. The van der Waals surface area contributed by atoms with E-state index in [0.717, 1.165) is 0 Å². The van der Waals surface area contributed by atoms with Crippen molar-refractivity contribution in [2.24, 2.45) is 0 Å². The molecule has 0 aromatic heterocycles. The number of carboxylic acid groups (broad SMARTS) is 1. The van der Waals surface area contributed by atoms with Gasteiger partial charge in [-0.1, -0.05) is 0 Å². The summed E-state index contributed by atoms with van der Waals surface area (Å²) in [6.45, 7) is 6.38. The maximum atomic E-state index is 11.4. The Balaban J connectivity index is 3.95. The molecule has 0 aliphatic rings. The third kappa shape index (κ3) is 7.08. The van der Waals surface area contributed by atoms with Gasteiger partial charge in [0.2, 0.25) is 0 Å². The summed E-state index contributed by atoms with van der Waals surface area (Å²) in [5.41, 5.74) is -0.459. The number of hydrogen-bond acceptors (Lipinski definition) is 4. The zero-order valence-corrected chi connectivity index (χ0v) is 11.3. The normalized spacial score (nSPS) is 12.9. The lowest BCUT2D eigenvalue weighted by Crippen LogP contribution is -2.47. The molecule has 0 aromatic carbocycles. The third-order valence-electron chi connectivity index (χ3n) is 2.22. The number of nitrogens with one attached hydrogen (secondary N) is 2.